The summed E-state index contributed by atoms with van der Waals surface area (Å²) in [4.78, 5) is 37.8. The summed E-state index contributed by atoms with van der Waals surface area (Å²) in [6.45, 7) is 10.9. The normalized spacial score (nSPS) is 14.0. The zero-order chi connectivity index (χ0) is 33.2. The number of aromatic nitrogens is 2. The highest BCUT2D eigenvalue weighted by atomic mass is 32.1. The summed E-state index contributed by atoms with van der Waals surface area (Å²) in [5.41, 5.74) is 3.85. The van der Waals surface area contributed by atoms with E-state index < -0.39 is 5.92 Å². The van der Waals surface area contributed by atoms with Gasteiger partial charge in [0.2, 0.25) is 5.91 Å². The van der Waals surface area contributed by atoms with Crippen molar-refractivity contribution >= 4 is 23.0 Å². The summed E-state index contributed by atoms with van der Waals surface area (Å²) >= 11 is 1.53. The summed E-state index contributed by atoms with van der Waals surface area (Å²) in [7, 11) is 0. The Morgan fingerprint density at radius 2 is 1.57 bits per heavy atom. The molecule has 1 saturated heterocycles. The van der Waals surface area contributed by atoms with Crippen molar-refractivity contribution < 1.29 is 14.3 Å². The van der Waals surface area contributed by atoms with E-state index >= 15 is 0 Å². The average molecular weight is 653 g/mol. The number of nitrogens with one attached hydrogen (secondary N) is 2. The second-order valence-corrected chi connectivity index (χ2v) is 14.7. The number of rotatable bonds is 16. The Balaban J connectivity index is 1.19. The highest BCUT2D eigenvalue weighted by Gasteiger charge is 2.28. The van der Waals surface area contributed by atoms with Crippen LogP contribution in [0.1, 0.15) is 86.3 Å². The molecule has 7 nitrogen and oxygen atoms in total. The molecule has 0 unspecified atom stereocenters. The Bertz CT molecular complexity index is 1590. The molecule has 5 rings (SSSR count). The van der Waals surface area contributed by atoms with E-state index in [0.717, 1.165) is 54.1 Å². The Morgan fingerprint density at radius 3 is 2.19 bits per heavy atom. The molecule has 2 aromatic carbocycles. The van der Waals surface area contributed by atoms with Gasteiger partial charge in [0.05, 0.1) is 17.5 Å². The van der Waals surface area contributed by atoms with Gasteiger partial charge in [0.15, 0.2) is 11.6 Å². The summed E-state index contributed by atoms with van der Waals surface area (Å²) in [6, 6.07) is 20.1. The van der Waals surface area contributed by atoms with Gasteiger partial charge in [-0.3, -0.25) is 9.59 Å². The van der Waals surface area contributed by atoms with Crippen LogP contribution in [0, 0.1) is 5.92 Å². The molecule has 0 saturated carbocycles. The van der Waals surface area contributed by atoms with E-state index in [1.807, 2.05) is 73.1 Å². The standard InChI is InChI=1S/C39H48N4O3S/c1-5-6-7-8-9-20-46-33-16-14-28(15-17-33)31-23-41-37(42-24-31)29-12-10-27(11-13-29)21-30(38(45)43-32-25-40-26-32)22-34(44)35-18-19-36(47-35)39(2,3)4/h10-19,23-24,30,32,40H,5-9,20-22,25-26H2,1-4H3,(H,43,45)/t30-/m1/s1. The lowest BCUT2D eigenvalue weighted by Gasteiger charge is -2.29. The van der Waals surface area contributed by atoms with Gasteiger partial charge in [-0.2, -0.15) is 0 Å². The number of benzene rings is 2. The molecule has 1 aliphatic heterocycles. The molecule has 248 valence electrons. The van der Waals surface area contributed by atoms with Crippen LogP contribution in [-0.2, 0) is 16.6 Å². The molecule has 2 N–H and O–H groups in total. The van der Waals surface area contributed by atoms with Gasteiger partial charge in [0, 0.05) is 53.8 Å². The summed E-state index contributed by atoms with van der Waals surface area (Å²) in [5, 5.41) is 6.31. The van der Waals surface area contributed by atoms with E-state index in [2.05, 4.69) is 48.3 Å². The molecule has 0 spiro atoms. The first-order valence-corrected chi connectivity index (χ1v) is 17.8. The minimum absolute atomic E-state index is 0.0162. The van der Waals surface area contributed by atoms with Gasteiger partial charge >= 0.3 is 0 Å². The lowest BCUT2D eigenvalue weighted by molar-refractivity contribution is -0.126. The maximum atomic E-state index is 13.3. The third kappa shape index (κ3) is 9.81. The molecule has 4 aromatic rings. The minimum atomic E-state index is -0.452. The Hall–Kier alpha value is -3.88. The van der Waals surface area contributed by atoms with Crippen molar-refractivity contribution in [3.8, 4) is 28.3 Å². The molecule has 0 radical (unpaired) electrons. The second-order valence-electron chi connectivity index (χ2n) is 13.6. The number of ketones is 1. The van der Waals surface area contributed by atoms with Crippen molar-refractivity contribution in [2.45, 2.75) is 84.1 Å². The van der Waals surface area contributed by atoms with Gasteiger partial charge in [0.25, 0.3) is 0 Å². The molecule has 47 heavy (non-hydrogen) atoms. The SMILES string of the molecule is CCCCCCCOc1ccc(-c2cnc(-c3ccc(C[C@H](CC(=O)c4ccc(C(C)(C)C)s4)C(=O)NC4CNC4)cc3)nc2)cc1. The van der Waals surface area contributed by atoms with Crippen molar-refractivity contribution in [1.82, 2.24) is 20.6 Å². The third-order valence-corrected chi connectivity index (χ3v) is 10.2. The number of carbonyl (C=O) groups excluding carboxylic acids is 2. The van der Waals surface area contributed by atoms with Crippen LogP contribution in [0.2, 0.25) is 0 Å². The third-order valence-electron chi connectivity index (χ3n) is 8.60. The molecule has 0 aliphatic carbocycles. The fraction of sp³-hybridized carbons (Fsp3) is 0.436. The second kappa shape index (κ2) is 16.3. The number of nitrogens with zero attached hydrogens (tertiary/aromatic N) is 2. The lowest BCUT2D eigenvalue weighted by Crippen LogP contribution is -2.58. The van der Waals surface area contributed by atoms with Crippen molar-refractivity contribution in [3.05, 3.63) is 88.4 Å². The predicted octanol–water partition coefficient (Wildman–Crippen LogP) is 8.04. The van der Waals surface area contributed by atoms with Crippen LogP contribution in [0.25, 0.3) is 22.5 Å². The molecule has 8 heteroatoms. The van der Waals surface area contributed by atoms with Gasteiger partial charge in [-0.1, -0.05) is 89.8 Å². The Labute approximate surface area is 283 Å². The van der Waals surface area contributed by atoms with E-state index in [1.165, 1.54) is 41.9 Å². The number of unbranched alkanes of at least 4 members (excludes halogenated alkanes) is 4. The summed E-state index contributed by atoms with van der Waals surface area (Å²) < 4.78 is 5.90. The fourth-order valence-electron chi connectivity index (χ4n) is 5.52. The number of Topliss-reactive ketones (excluding diaryl/α,β-unsaturated/α-hetero) is 1. The van der Waals surface area contributed by atoms with E-state index in [1.54, 1.807) is 0 Å². The molecule has 1 amide bonds. The Kier molecular flexibility index (Phi) is 11.9. The number of carbonyl (C=O) groups is 2. The quantitative estimate of drug-likeness (QED) is 0.0940. The molecular formula is C39H48N4O3S. The monoisotopic (exact) mass is 652 g/mol. The van der Waals surface area contributed by atoms with Crippen molar-refractivity contribution in [2.24, 2.45) is 5.92 Å². The lowest BCUT2D eigenvalue weighted by atomic mass is 9.91. The Morgan fingerprint density at radius 1 is 0.894 bits per heavy atom. The van der Waals surface area contributed by atoms with Crippen molar-refractivity contribution in [1.29, 1.82) is 0 Å². The predicted molar refractivity (Wildman–Crippen MR) is 191 cm³/mol. The first kappa shape index (κ1) is 34.5. The maximum absolute atomic E-state index is 13.3. The van der Waals surface area contributed by atoms with Crippen LogP contribution in [0.4, 0.5) is 0 Å². The van der Waals surface area contributed by atoms with Crippen molar-refractivity contribution in [3.63, 3.8) is 0 Å². The number of hydrogen-bond donors (Lipinski definition) is 2. The van der Waals surface area contributed by atoms with Crippen LogP contribution in [0.3, 0.4) is 0 Å². The van der Waals surface area contributed by atoms with E-state index in [4.69, 9.17) is 4.74 Å². The van der Waals surface area contributed by atoms with E-state index in [-0.39, 0.29) is 29.6 Å². The van der Waals surface area contributed by atoms with Gasteiger partial charge in [-0.05, 0) is 53.6 Å². The number of hydrogen-bond acceptors (Lipinski definition) is 7. The molecule has 1 atom stereocenters. The maximum Gasteiger partial charge on any atom is 0.224 e. The number of ether oxygens (including phenoxy) is 1. The first-order chi connectivity index (χ1) is 22.7. The summed E-state index contributed by atoms with van der Waals surface area (Å²) in [5.74, 6) is 1.02. The van der Waals surface area contributed by atoms with Gasteiger partial charge in [-0.25, -0.2) is 9.97 Å². The van der Waals surface area contributed by atoms with Crippen LogP contribution in [0.15, 0.2) is 73.1 Å². The summed E-state index contributed by atoms with van der Waals surface area (Å²) in [6.07, 6.45) is 10.5. The topological polar surface area (TPSA) is 93.2 Å². The highest BCUT2D eigenvalue weighted by Crippen LogP contribution is 2.31. The highest BCUT2D eigenvalue weighted by molar-refractivity contribution is 7.14. The van der Waals surface area contributed by atoms with Crippen LogP contribution in [-0.4, -0.2) is 47.4 Å². The van der Waals surface area contributed by atoms with Crippen molar-refractivity contribution in [2.75, 3.05) is 19.7 Å². The van der Waals surface area contributed by atoms with Gasteiger partial charge in [0.1, 0.15) is 5.75 Å². The van der Waals surface area contributed by atoms with Crippen LogP contribution in [0.5, 0.6) is 5.75 Å². The molecule has 0 bridgehead atoms. The van der Waals surface area contributed by atoms with E-state index in [9.17, 15) is 9.59 Å². The number of amides is 1. The first-order valence-electron chi connectivity index (χ1n) is 17.0. The molecule has 2 aromatic heterocycles. The van der Waals surface area contributed by atoms with Gasteiger partial charge in [-0.15, -0.1) is 11.3 Å². The molecular weight excluding hydrogens is 605 g/mol. The number of thiophene rings is 1. The smallest absolute Gasteiger partial charge is 0.224 e. The zero-order valence-corrected chi connectivity index (χ0v) is 29.0. The minimum Gasteiger partial charge on any atom is -0.494 e. The average Bonchev–Trinajstić information content (AvgIpc) is 3.57. The van der Waals surface area contributed by atoms with Crippen LogP contribution < -0.4 is 15.4 Å². The van der Waals surface area contributed by atoms with Gasteiger partial charge < -0.3 is 15.4 Å². The largest absolute Gasteiger partial charge is 0.494 e. The fourth-order valence-corrected chi connectivity index (χ4v) is 6.53. The zero-order valence-electron chi connectivity index (χ0n) is 28.2. The van der Waals surface area contributed by atoms with E-state index in [0.29, 0.717) is 17.1 Å². The molecule has 1 aliphatic rings. The molecule has 3 heterocycles. The van der Waals surface area contributed by atoms with Crippen LogP contribution >= 0.6 is 11.3 Å². The molecule has 1 fully saturated rings.